The number of carbonyl (C=O) groups is 1. The van der Waals surface area contributed by atoms with Gasteiger partial charge in [0.15, 0.2) is 0 Å². The lowest BCUT2D eigenvalue weighted by Crippen LogP contribution is -2.41. The van der Waals surface area contributed by atoms with Crippen molar-refractivity contribution in [2.24, 2.45) is 0 Å². The predicted octanol–water partition coefficient (Wildman–Crippen LogP) is 2.99. The molecule has 1 amide bonds. The van der Waals surface area contributed by atoms with Crippen LogP contribution >= 0.6 is 0 Å². The third-order valence-electron chi connectivity index (χ3n) is 4.26. The van der Waals surface area contributed by atoms with Crippen LogP contribution in [0.2, 0.25) is 0 Å². The number of carbonyl (C=O) groups excluding carboxylic acids is 1. The molecule has 106 valence electrons. The highest BCUT2D eigenvalue weighted by Crippen LogP contribution is 2.52. The van der Waals surface area contributed by atoms with Crippen LogP contribution in [0, 0.1) is 10.1 Å². The molecule has 1 saturated carbocycles. The minimum Gasteiger partial charge on any atom is -0.319 e. The number of halogens is 2. The zero-order chi connectivity index (χ0) is 14.5. The van der Waals surface area contributed by atoms with Crippen molar-refractivity contribution in [3.05, 3.63) is 33.9 Å². The molecule has 1 aromatic rings. The van der Waals surface area contributed by atoms with E-state index in [4.69, 9.17) is 0 Å². The van der Waals surface area contributed by atoms with Crippen LogP contribution in [0.4, 0.5) is 20.2 Å². The average molecular weight is 282 g/mol. The molecule has 1 fully saturated rings. The summed E-state index contributed by atoms with van der Waals surface area (Å²) in [6.07, 6.45) is -0.717. The lowest BCUT2D eigenvalue weighted by molar-refractivity contribution is -0.383. The van der Waals surface area contributed by atoms with Crippen LogP contribution in [0.15, 0.2) is 18.2 Å². The highest BCUT2D eigenvalue weighted by Gasteiger charge is 2.53. The number of fused-ring (bicyclic) bond motifs is 2. The van der Waals surface area contributed by atoms with E-state index in [9.17, 15) is 23.7 Å². The van der Waals surface area contributed by atoms with E-state index in [0.717, 1.165) is 0 Å². The van der Waals surface area contributed by atoms with Crippen LogP contribution in [0.25, 0.3) is 0 Å². The summed E-state index contributed by atoms with van der Waals surface area (Å²) in [5, 5.41) is 13.5. The fraction of sp³-hybridized carbons (Fsp3) is 0.462. The minimum atomic E-state index is -2.75. The number of alkyl halides is 2. The number of amides is 1. The number of anilines is 1. The SMILES string of the molecule is O=C1Nc2c([N+](=O)[O-])cccc2C12CCC(F)(F)CC2. The Kier molecular flexibility index (Phi) is 2.57. The van der Waals surface area contributed by atoms with E-state index < -0.39 is 22.2 Å². The maximum Gasteiger partial charge on any atom is 0.293 e. The number of nitrogens with one attached hydrogen (secondary N) is 1. The Morgan fingerprint density at radius 2 is 1.85 bits per heavy atom. The third kappa shape index (κ3) is 1.69. The quantitative estimate of drug-likeness (QED) is 0.635. The molecule has 7 heteroatoms. The van der Waals surface area contributed by atoms with Gasteiger partial charge in [-0.3, -0.25) is 14.9 Å². The first-order chi connectivity index (χ1) is 9.36. The second kappa shape index (κ2) is 3.97. The summed E-state index contributed by atoms with van der Waals surface area (Å²) >= 11 is 0. The summed E-state index contributed by atoms with van der Waals surface area (Å²) in [5.74, 6) is -3.16. The van der Waals surface area contributed by atoms with E-state index in [2.05, 4.69) is 5.32 Å². The van der Waals surface area contributed by atoms with Crippen molar-refractivity contribution in [3.63, 3.8) is 0 Å². The molecule has 1 aromatic carbocycles. The molecule has 0 aromatic heterocycles. The Morgan fingerprint density at radius 3 is 2.45 bits per heavy atom. The molecule has 0 unspecified atom stereocenters. The normalized spacial score (nSPS) is 22.4. The van der Waals surface area contributed by atoms with Gasteiger partial charge < -0.3 is 5.32 Å². The molecule has 1 aliphatic heterocycles. The van der Waals surface area contributed by atoms with Crippen LogP contribution in [0.3, 0.4) is 0 Å². The van der Waals surface area contributed by atoms with Crippen molar-refractivity contribution < 1.29 is 18.5 Å². The Labute approximate surface area is 113 Å². The minimum absolute atomic E-state index is 0.0139. The predicted molar refractivity (Wildman–Crippen MR) is 66.8 cm³/mol. The lowest BCUT2D eigenvalue weighted by atomic mass is 9.69. The number of hydrogen-bond acceptors (Lipinski definition) is 3. The van der Waals surface area contributed by atoms with Crippen molar-refractivity contribution in [3.8, 4) is 0 Å². The Morgan fingerprint density at radius 1 is 1.20 bits per heavy atom. The molecule has 1 heterocycles. The van der Waals surface area contributed by atoms with Gasteiger partial charge in [0.1, 0.15) is 5.69 Å². The van der Waals surface area contributed by atoms with Gasteiger partial charge in [-0.25, -0.2) is 8.78 Å². The van der Waals surface area contributed by atoms with Crippen LogP contribution in [0.1, 0.15) is 31.2 Å². The van der Waals surface area contributed by atoms with Crippen molar-refractivity contribution in [2.75, 3.05) is 5.32 Å². The summed E-state index contributed by atoms with van der Waals surface area (Å²) in [7, 11) is 0. The molecule has 1 spiro atoms. The summed E-state index contributed by atoms with van der Waals surface area (Å²) in [6, 6.07) is 4.41. The molecular weight excluding hydrogens is 270 g/mol. The zero-order valence-corrected chi connectivity index (χ0v) is 10.5. The summed E-state index contributed by atoms with van der Waals surface area (Å²) in [6.45, 7) is 0. The fourth-order valence-electron chi connectivity index (χ4n) is 3.12. The Bertz CT molecular complexity index is 606. The molecule has 1 N–H and O–H groups in total. The van der Waals surface area contributed by atoms with Crippen LogP contribution < -0.4 is 5.32 Å². The molecule has 0 bridgehead atoms. The molecule has 0 atom stereocenters. The zero-order valence-electron chi connectivity index (χ0n) is 10.5. The number of hydrogen-bond donors (Lipinski definition) is 1. The lowest BCUT2D eigenvalue weighted by Gasteiger charge is -2.35. The molecule has 3 rings (SSSR count). The van der Waals surface area contributed by atoms with E-state index in [1.807, 2.05) is 0 Å². The van der Waals surface area contributed by atoms with Gasteiger partial charge in [-0.15, -0.1) is 0 Å². The number of nitro groups is 1. The summed E-state index contributed by atoms with van der Waals surface area (Å²) < 4.78 is 26.6. The Balaban J connectivity index is 2.08. The molecule has 2 aliphatic rings. The van der Waals surface area contributed by atoms with Crippen molar-refractivity contribution in [1.29, 1.82) is 0 Å². The Hall–Kier alpha value is -2.05. The van der Waals surface area contributed by atoms with E-state index in [0.29, 0.717) is 5.56 Å². The molecule has 5 nitrogen and oxygen atoms in total. The van der Waals surface area contributed by atoms with Gasteiger partial charge in [0, 0.05) is 18.9 Å². The summed E-state index contributed by atoms with van der Waals surface area (Å²) in [5.41, 5.74) is -0.590. The van der Waals surface area contributed by atoms with E-state index in [1.165, 1.54) is 12.1 Å². The molecule has 20 heavy (non-hydrogen) atoms. The molecule has 0 radical (unpaired) electrons. The number of para-hydroxylation sites is 1. The van der Waals surface area contributed by atoms with Gasteiger partial charge in [0.25, 0.3) is 5.69 Å². The maximum atomic E-state index is 13.3. The average Bonchev–Trinajstić information content (AvgIpc) is 2.66. The van der Waals surface area contributed by atoms with Crippen molar-refractivity contribution in [2.45, 2.75) is 37.0 Å². The first kappa shape index (κ1) is 13.0. The van der Waals surface area contributed by atoms with Gasteiger partial charge in [-0.05, 0) is 18.4 Å². The number of nitrogens with zero attached hydrogens (tertiary/aromatic N) is 1. The van der Waals surface area contributed by atoms with Gasteiger partial charge in [0.05, 0.1) is 10.3 Å². The largest absolute Gasteiger partial charge is 0.319 e. The molecular formula is C13H12F2N2O3. The van der Waals surface area contributed by atoms with Gasteiger partial charge >= 0.3 is 0 Å². The summed E-state index contributed by atoms with van der Waals surface area (Å²) in [4.78, 5) is 22.6. The number of nitro benzene ring substituents is 1. The van der Waals surface area contributed by atoms with Crippen molar-refractivity contribution >= 4 is 17.3 Å². The fourth-order valence-corrected chi connectivity index (χ4v) is 3.12. The van der Waals surface area contributed by atoms with Gasteiger partial charge in [0.2, 0.25) is 11.8 Å². The van der Waals surface area contributed by atoms with Crippen molar-refractivity contribution in [1.82, 2.24) is 0 Å². The first-order valence-electron chi connectivity index (χ1n) is 6.33. The first-order valence-corrected chi connectivity index (χ1v) is 6.33. The molecule has 0 saturated heterocycles. The second-order valence-electron chi connectivity index (χ2n) is 5.35. The number of rotatable bonds is 1. The van der Waals surface area contributed by atoms with Crippen LogP contribution in [-0.4, -0.2) is 16.8 Å². The van der Waals surface area contributed by atoms with Gasteiger partial charge in [-0.2, -0.15) is 0 Å². The van der Waals surface area contributed by atoms with E-state index >= 15 is 0 Å². The maximum absolute atomic E-state index is 13.3. The monoisotopic (exact) mass is 282 g/mol. The highest BCUT2D eigenvalue weighted by atomic mass is 19.3. The standard InChI is InChI=1S/C13H12F2N2O3/c14-13(15)6-4-12(5-7-13)8-2-1-3-9(17(19)20)10(8)16-11(12)18/h1-3H,4-7H2,(H,16,18). The third-order valence-corrected chi connectivity index (χ3v) is 4.26. The highest BCUT2D eigenvalue weighted by molar-refractivity contribution is 6.08. The molecule has 1 aliphatic carbocycles. The van der Waals surface area contributed by atoms with Crippen LogP contribution in [0.5, 0.6) is 0 Å². The van der Waals surface area contributed by atoms with E-state index in [1.54, 1.807) is 6.07 Å². The van der Waals surface area contributed by atoms with E-state index in [-0.39, 0.29) is 37.1 Å². The number of benzene rings is 1. The second-order valence-corrected chi connectivity index (χ2v) is 5.35. The smallest absolute Gasteiger partial charge is 0.293 e. The van der Waals surface area contributed by atoms with Gasteiger partial charge in [-0.1, -0.05) is 12.1 Å². The topological polar surface area (TPSA) is 72.2 Å². The van der Waals surface area contributed by atoms with Crippen LogP contribution in [-0.2, 0) is 10.2 Å².